The minimum absolute atomic E-state index is 0.184. The molecular formula is C20H34O2S. The van der Waals surface area contributed by atoms with Gasteiger partial charge in [-0.1, -0.05) is 71.2 Å². The first-order valence-corrected chi connectivity index (χ1v) is 10.0. The highest BCUT2D eigenvalue weighted by atomic mass is 32.2. The lowest BCUT2D eigenvalue weighted by atomic mass is 9.87. The first-order chi connectivity index (χ1) is 10.9. The number of aliphatic hydroxyl groups is 1. The zero-order valence-electron chi connectivity index (χ0n) is 15.3. The summed E-state index contributed by atoms with van der Waals surface area (Å²) in [5, 5.41) is 9.93. The van der Waals surface area contributed by atoms with Crippen molar-refractivity contribution in [3.05, 3.63) is 35.4 Å². The lowest BCUT2D eigenvalue weighted by Crippen LogP contribution is -2.18. The summed E-state index contributed by atoms with van der Waals surface area (Å²) < 4.78 is 5.64. The van der Waals surface area contributed by atoms with Gasteiger partial charge in [-0.15, -0.1) is 0 Å². The molecule has 3 heteroatoms. The second-order valence-corrected chi connectivity index (χ2v) is 8.40. The molecule has 2 nitrogen and oxygen atoms in total. The smallest absolute Gasteiger partial charge is 0.0863 e. The van der Waals surface area contributed by atoms with Gasteiger partial charge in [0.25, 0.3) is 0 Å². The normalized spacial score (nSPS) is 13.3. The van der Waals surface area contributed by atoms with Crippen LogP contribution in [0.2, 0.25) is 0 Å². The maximum Gasteiger partial charge on any atom is 0.0863 e. The molecule has 0 aliphatic carbocycles. The van der Waals surface area contributed by atoms with Crippen LogP contribution in [-0.2, 0) is 16.8 Å². The Kier molecular flexibility index (Phi) is 9.92. The van der Waals surface area contributed by atoms with Crippen molar-refractivity contribution < 1.29 is 9.84 Å². The Bertz CT molecular complexity index is 409. The van der Waals surface area contributed by atoms with Crippen molar-refractivity contribution in [1.82, 2.24) is 0 Å². The first-order valence-electron chi connectivity index (χ1n) is 8.86. The van der Waals surface area contributed by atoms with Gasteiger partial charge in [-0.2, -0.15) is 11.8 Å². The van der Waals surface area contributed by atoms with E-state index in [2.05, 4.69) is 52.0 Å². The van der Waals surface area contributed by atoms with Gasteiger partial charge in [0, 0.05) is 5.75 Å². The van der Waals surface area contributed by atoms with Gasteiger partial charge >= 0.3 is 0 Å². The minimum Gasteiger partial charge on any atom is -0.390 e. The third-order valence-electron chi connectivity index (χ3n) is 3.85. The zero-order valence-corrected chi connectivity index (χ0v) is 16.1. The van der Waals surface area contributed by atoms with Crippen LogP contribution in [0.15, 0.2) is 24.3 Å². The van der Waals surface area contributed by atoms with E-state index in [1.54, 1.807) is 0 Å². The van der Waals surface area contributed by atoms with Gasteiger partial charge in [0.2, 0.25) is 0 Å². The lowest BCUT2D eigenvalue weighted by Gasteiger charge is -2.19. The molecule has 1 unspecified atom stereocenters. The third kappa shape index (κ3) is 9.39. The van der Waals surface area contributed by atoms with Gasteiger partial charge in [-0.3, -0.25) is 0 Å². The SMILES string of the molecule is CCCCCCSCC(O)COCc1ccc(C(C)(C)C)cc1. The standard InChI is InChI=1S/C20H34O2S/c1-5-6-7-8-13-23-16-19(21)15-22-14-17-9-11-18(12-10-17)20(2,3)4/h9-12,19,21H,5-8,13-16H2,1-4H3. The molecule has 1 N–H and O–H groups in total. The molecule has 0 fully saturated rings. The summed E-state index contributed by atoms with van der Waals surface area (Å²) in [4.78, 5) is 0. The van der Waals surface area contributed by atoms with E-state index in [-0.39, 0.29) is 11.5 Å². The Morgan fingerprint density at radius 3 is 2.39 bits per heavy atom. The van der Waals surface area contributed by atoms with Crippen molar-refractivity contribution in [3.63, 3.8) is 0 Å². The third-order valence-corrected chi connectivity index (χ3v) is 5.05. The first kappa shape index (κ1) is 20.5. The molecule has 132 valence electrons. The molecular weight excluding hydrogens is 304 g/mol. The number of hydrogen-bond donors (Lipinski definition) is 1. The summed E-state index contributed by atoms with van der Waals surface area (Å²) in [7, 11) is 0. The van der Waals surface area contributed by atoms with Crippen molar-refractivity contribution in [1.29, 1.82) is 0 Å². The van der Waals surface area contributed by atoms with Crippen LogP contribution >= 0.6 is 11.8 Å². The average molecular weight is 339 g/mol. The maximum absolute atomic E-state index is 9.93. The van der Waals surface area contributed by atoms with Gasteiger partial charge in [-0.25, -0.2) is 0 Å². The molecule has 0 saturated heterocycles. The van der Waals surface area contributed by atoms with Crippen molar-refractivity contribution in [2.24, 2.45) is 0 Å². The highest BCUT2D eigenvalue weighted by Crippen LogP contribution is 2.22. The van der Waals surface area contributed by atoms with Gasteiger partial charge < -0.3 is 9.84 Å². The average Bonchev–Trinajstić information content (AvgIpc) is 2.50. The molecule has 0 saturated carbocycles. The molecule has 1 rings (SSSR count). The second kappa shape index (κ2) is 11.1. The van der Waals surface area contributed by atoms with Crippen LogP contribution < -0.4 is 0 Å². The molecule has 1 atom stereocenters. The fraction of sp³-hybridized carbons (Fsp3) is 0.700. The summed E-state index contributed by atoms with van der Waals surface area (Å²) in [5.74, 6) is 1.92. The van der Waals surface area contributed by atoms with Crippen molar-refractivity contribution in [2.45, 2.75) is 71.5 Å². The topological polar surface area (TPSA) is 29.5 Å². The summed E-state index contributed by atoms with van der Waals surface area (Å²) in [5.41, 5.74) is 2.68. The van der Waals surface area contributed by atoms with Crippen LogP contribution in [0.1, 0.15) is 64.5 Å². The summed E-state index contributed by atoms with van der Waals surface area (Å²) >= 11 is 1.83. The summed E-state index contributed by atoms with van der Waals surface area (Å²) in [6.07, 6.45) is 4.80. The minimum atomic E-state index is -0.361. The van der Waals surface area contributed by atoms with Crippen LogP contribution in [0.5, 0.6) is 0 Å². The van der Waals surface area contributed by atoms with E-state index in [0.29, 0.717) is 13.2 Å². The Balaban J connectivity index is 2.13. The number of hydrogen-bond acceptors (Lipinski definition) is 3. The van der Waals surface area contributed by atoms with E-state index in [1.165, 1.54) is 31.2 Å². The molecule has 0 heterocycles. The Labute approximate surface area is 147 Å². The number of aliphatic hydroxyl groups excluding tert-OH is 1. The van der Waals surface area contributed by atoms with Crippen LogP contribution in [0.4, 0.5) is 0 Å². The largest absolute Gasteiger partial charge is 0.390 e. The summed E-state index contributed by atoms with van der Waals surface area (Å²) in [6.45, 7) is 9.87. The number of rotatable bonds is 11. The van der Waals surface area contributed by atoms with E-state index >= 15 is 0 Å². The molecule has 0 aliphatic heterocycles. The monoisotopic (exact) mass is 338 g/mol. The predicted molar refractivity (Wildman–Crippen MR) is 102 cm³/mol. The fourth-order valence-corrected chi connectivity index (χ4v) is 3.26. The number of ether oxygens (including phenoxy) is 1. The molecule has 0 aromatic heterocycles. The molecule has 0 radical (unpaired) electrons. The van der Waals surface area contributed by atoms with E-state index in [9.17, 15) is 5.11 Å². The number of benzene rings is 1. The predicted octanol–water partition coefficient (Wildman–Crippen LogP) is 5.18. The van der Waals surface area contributed by atoms with Gasteiger partial charge in [-0.05, 0) is 28.7 Å². The number of thioether (sulfide) groups is 1. The zero-order chi connectivity index (χ0) is 17.1. The molecule has 1 aromatic rings. The Hall–Kier alpha value is -0.510. The molecule has 0 amide bonds. The lowest BCUT2D eigenvalue weighted by molar-refractivity contribution is 0.0398. The van der Waals surface area contributed by atoms with Crippen molar-refractivity contribution in [2.75, 3.05) is 18.1 Å². The van der Waals surface area contributed by atoms with E-state index in [1.807, 2.05) is 11.8 Å². The second-order valence-electron chi connectivity index (χ2n) is 7.25. The van der Waals surface area contributed by atoms with E-state index in [0.717, 1.165) is 17.1 Å². The van der Waals surface area contributed by atoms with E-state index in [4.69, 9.17) is 4.74 Å². The molecule has 0 bridgehead atoms. The van der Waals surface area contributed by atoms with Gasteiger partial charge in [0.1, 0.15) is 0 Å². The van der Waals surface area contributed by atoms with Crippen LogP contribution in [0.25, 0.3) is 0 Å². The van der Waals surface area contributed by atoms with Gasteiger partial charge in [0.05, 0.1) is 19.3 Å². The number of unbranched alkanes of at least 4 members (excludes halogenated alkanes) is 3. The maximum atomic E-state index is 9.93. The Morgan fingerprint density at radius 1 is 1.09 bits per heavy atom. The van der Waals surface area contributed by atoms with Crippen molar-refractivity contribution in [3.8, 4) is 0 Å². The fourth-order valence-electron chi connectivity index (χ4n) is 2.31. The summed E-state index contributed by atoms with van der Waals surface area (Å²) in [6, 6.07) is 8.58. The molecule has 23 heavy (non-hydrogen) atoms. The van der Waals surface area contributed by atoms with Crippen LogP contribution in [0.3, 0.4) is 0 Å². The molecule has 0 aliphatic rings. The molecule has 0 spiro atoms. The highest BCUT2D eigenvalue weighted by molar-refractivity contribution is 7.99. The molecule has 1 aromatic carbocycles. The van der Waals surface area contributed by atoms with Gasteiger partial charge in [0.15, 0.2) is 0 Å². The van der Waals surface area contributed by atoms with E-state index < -0.39 is 0 Å². The van der Waals surface area contributed by atoms with Crippen LogP contribution in [-0.4, -0.2) is 29.3 Å². The Morgan fingerprint density at radius 2 is 1.78 bits per heavy atom. The highest BCUT2D eigenvalue weighted by Gasteiger charge is 2.12. The van der Waals surface area contributed by atoms with Crippen molar-refractivity contribution >= 4 is 11.8 Å². The van der Waals surface area contributed by atoms with Crippen LogP contribution in [0, 0.1) is 0 Å². The quantitative estimate of drug-likeness (QED) is 0.564.